The lowest BCUT2D eigenvalue weighted by Crippen LogP contribution is -2.15. The molecule has 0 aliphatic heterocycles. The normalized spacial score (nSPS) is 11.6. The standard InChI is InChI=1S/C20H14F4N6O3/c1-10-4-3-5-12(21)16(10)17(31)26-11-6-7-15(25-9-11)30-13(8-14(27-30)20(22,23)24)18-28-29(2)19(32)33-18/h3-9H,1-2H3,(H,26,31). The van der Waals surface area contributed by atoms with E-state index in [0.29, 0.717) is 11.6 Å². The molecule has 0 spiro atoms. The first-order valence-electron chi connectivity index (χ1n) is 9.29. The Morgan fingerprint density at radius 3 is 2.48 bits per heavy atom. The number of carbonyl (C=O) groups is 1. The molecule has 33 heavy (non-hydrogen) atoms. The zero-order valence-corrected chi connectivity index (χ0v) is 17.0. The molecule has 1 N–H and O–H groups in total. The molecule has 9 nitrogen and oxygen atoms in total. The number of alkyl halides is 3. The van der Waals surface area contributed by atoms with E-state index in [0.717, 1.165) is 21.6 Å². The average molecular weight is 462 g/mol. The van der Waals surface area contributed by atoms with Crippen LogP contribution in [0.25, 0.3) is 17.4 Å². The third-order valence-corrected chi connectivity index (χ3v) is 4.58. The van der Waals surface area contributed by atoms with Crippen LogP contribution in [0.15, 0.2) is 51.8 Å². The van der Waals surface area contributed by atoms with Gasteiger partial charge >= 0.3 is 11.9 Å². The maximum atomic E-state index is 14.0. The van der Waals surface area contributed by atoms with Crippen LogP contribution in [0, 0.1) is 12.7 Å². The predicted molar refractivity (Wildman–Crippen MR) is 106 cm³/mol. The number of rotatable bonds is 4. The molecule has 0 atom stereocenters. The van der Waals surface area contributed by atoms with Crippen molar-refractivity contribution in [3.05, 3.63) is 75.8 Å². The number of nitrogens with one attached hydrogen (secondary N) is 1. The summed E-state index contributed by atoms with van der Waals surface area (Å²) >= 11 is 0. The molecule has 0 aliphatic rings. The topological polar surface area (TPSA) is 108 Å². The number of anilines is 1. The molecule has 3 aromatic heterocycles. The van der Waals surface area contributed by atoms with E-state index in [1.54, 1.807) is 13.0 Å². The van der Waals surface area contributed by atoms with E-state index in [4.69, 9.17) is 4.42 Å². The van der Waals surface area contributed by atoms with Gasteiger partial charge in [-0.1, -0.05) is 12.1 Å². The third-order valence-electron chi connectivity index (χ3n) is 4.58. The van der Waals surface area contributed by atoms with Gasteiger partial charge in [0.25, 0.3) is 11.8 Å². The van der Waals surface area contributed by atoms with Crippen molar-refractivity contribution < 1.29 is 26.8 Å². The van der Waals surface area contributed by atoms with Crippen molar-refractivity contribution in [1.82, 2.24) is 24.5 Å². The molecule has 1 aromatic carbocycles. The van der Waals surface area contributed by atoms with Crippen molar-refractivity contribution in [3.63, 3.8) is 0 Å². The molecule has 3 heterocycles. The Morgan fingerprint density at radius 2 is 1.91 bits per heavy atom. The highest BCUT2D eigenvalue weighted by Gasteiger charge is 2.36. The smallest absolute Gasteiger partial charge is 0.386 e. The van der Waals surface area contributed by atoms with E-state index < -0.39 is 29.4 Å². The van der Waals surface area contributed by atoms with Crippen molar-refractivity contribution in [1.29, 1.82) is 0 Å². The molecule has 0 radical (unpaired) electrons. The fourth-order valence-corrected chi connectivity index (χ4v) is 2.99. The number of nitrogens with zero attached hydrogens (tertiary/aromatic N) is 5. The summed E-state index contributed by atoms with van der Waals surface area (Å²) in [5, 5.41) is 9.75. The van der Waals surface area contributed by atoms with Gasteiger partial charge in [-0.2, -0.15) is 23.0 Å². The van der Waals surface area contributed by atoms with Crippen LogP contribution in [-0.4, -0.2) is 30.5 Å². The van der Waals surface area contributed by atoms with Crippen molar-refractivity contribution >= 4 is 11.6 Å². The first kappa shape index (κ1) is 21.9. The molecule has 4 aromatic rings. The summed E-state index contributed by atoms with van der Waals surface area (Å²) in [7, 11) is 1.27. The number of halogens is 4. The van der Waals surface area contributed by atoms with Crippen LogP contribution in [0.5, 0.6) is 0 Å². The second-order valence-corrected chi connectivity index (χ2v) is 6.91. The van der Waals surface area contributed by atoms with Gasteiger partial charge in [0, 0.05) is 13.1 Å². The number of hydrogen-bond acceptors (Lipinski definition) is 6. The summed E-state index contributed by atoms with van der Waals surface area (Å²) in [6.07, 6.45) is -3.61. The van der Waals surface area contributed by atoms with Gasteiger partial charge in [-0.25, -0.2) is 18.9 Å². The van der Waals surface area contributed by atoms with Gasteiger partial charge < -0.3 is 9.73 Å². The minimum absolute atomic E-state index is 0.0751. The molecule has 0 saturated heterocycles. The van der Waals surface area contributed by atoms with Crippen LogP contribution in [0.4, 0.5) is 23.2 Å². The van der Waals surface area contributed by atoms with Crippen LogP contribution >= 0.6 is 0 Å². The van der Waals surface area contributed by atoms with Crippen LogP contribution in [0.3, 0.4) is 0 Å². The second kappa shape index (κ2) is 8.00. The van der Waals surface area contributed by atoms with Gasteiger partial charge in [-0.3, -0.25) is 4.79 Å². The summed E-state index contributed by atoms with van der Waals surface area (Å²) < 4.78 is 60.2. The molecular formula is C20H14F4N6O3. The highest BCUT2D eigenvalue weighted by molar-refractivity contribution is 6.05. The van der Waals surface area contributed by atoms with E-state index >= 15 is 0 Å². The summed E-state index contributed by atoms with van der Waals surface area (Å²) in [5.41, 5.74) is -1.06. The molecule has 170 valence electrons. The Kier molecular flexibility index (Phi) is 5.31. The summed E-state index contributed by atoms with van der Waals surface area (Å²) in [6.45, 7) is 1.58. The lowest BCUT2D eigenvalue weighted by atomic mass is 10.1. The van der Waals surface area contributed by atoms with Crippen LogP contribution in [0.2, 0.25) is 0 Å². The molecular weight excluding hydrogens is 448 g/mol. The van der Waals surface area contributed by atoms with E-state index in [2.05, 4.69) is 20.5 Å². The predicted octanol–water partition coefficient (Wildman–Crippen LogP) is 3.34. The molecule has 0 unspecified atom stereocenters. The molecule has 1 amide bonds. The molecule has 0 saturated carbocycles. The quantitative estimate of drug-likeness (QED) is 0.466. The third kappa shape index (κ3) is 4.24. The summed E-state index contributed by atoms with van der Waals surface area (Å²) in [5.74, 6) is -2.75. The maximum Gasteiger partial charge on any atom is 0.437 e. The zero-order chi connectivity index (χ0) is 23.9. The number of aryl methyl sites for hydroxylation is 2. The fourth-order valence-electron chi connectivity index (χ4n) is 2.99. The van der Waals surface area contributed by atoms with Gasteiger partial charge in [-0.05, 0) is 30.7 Å². The average Bonchev–Trinajstić information content (AvgIpc) is 3.32. The summed E-state index contributed by atoms with van der Waals surface area (Å²) in [6, 6.07) is 7.50. The number of aromatic nitrogens is 5. The van der Waals surface area contributed by atoms with Gasteiger partial charge in [0.05, 0.1) is 17.4 Å². The number of carbonyl (C=O) groups excluding carboxylic acids is 1. The van der Waals surface area contributed by atoms with Gasteiger partial charge in [0.2, 0.25) is 0 Å². The fraction of sp³-hybridized carbons (Fsp3) is 0.150. The Labute approximate surface area is 182 Å². The minimum Gasteiger partial charge on any atom is -0.386 e. The van der Waals surface area contributed by atoms with Gasteiger partial charge in [0.1, 0.15) is 11.5 Å². The lowest BCUT2D eigenvalue weighted by molar-refractivity contribution is -0.141. The zero-order valence-electron chi connectivity index (χ0n) is 17.0. The molecule has 13 heteroatoms. The van der Waals surface area contributed by atoms with Gasteiger partial charge in [0.15, 0.2) is 11.5 Å². The number of hydrogen-bond donors (Lipinski definition) is 1. The molecule has 0 fully saturated rings. The van der Waals surface area contributed by atoms with Crippen molar-refractivity contribution in [2.45, 2.75) is 13.1 Å². The van der Waals surface area contributed by atoms with Crippen molar-refractivity contribution in [3.8, 4) is 17.4 Å². The van der Waals surface area contributed by atoms with Crippen LogP contribution < -0.4 is 11.1 Å². The molecule has 0 bridgehead atoms. The first-order chi connectivity index (χ1) is 15.5. The lowest BCUT2D eigenvalue weighted by Gasteiger charge is -2.09. The highest BCUT2D eigenvalue weighted by atomic mass is 19.4. The maximum absolute atomic E-state index is 14.0. The van der Waals surface area contributed by atoms with E-state index in [1.807, 2.05) is 0 Å². The SMILES string of the molecule is Cc1cccc(F)c1C(=O)Nc1ccc(-n2nc(C(F)(F)F)cc2-c2nn(C)c(=O)o2)nc1. The largest absolute Gasteiger partial charge is 0.437 e. The first-order valence-corrected chi connectivity index (χ1v) is 9.29. The second-order valence-electron chi connectivity index (χ2n) is 6.91. The minimum atomic E-state index is -4.78. The Morgan fingerprint density at radius 1 is 1.15 bits per heavy atom. The number of amides is 1. The van der Waals surface area contributed by atoms with Gasteiger partial charge in [-0.15, -0.1) is 5.10 Å². The van der Waals surface area contributed by atoms with Crippen molar-refractivity contribution in [2.75, 3.05) is 5.32 Å². The van der Waals surface area contributed by atoms with Crippen molar-refractivity contribution in [2.24, 2.45) is 7.05 Å². The van der Waals surface area contributed by atoms with E-state index in [-0.39, 0.29) is 28.7 Å². The molecule has 4 rings (SSSR count). The molecule has 0 aliphatic carbocycles. The monoisotopic (exact) mass is 462 g/mol. The van der Waals surface area contributed by atoms with E-state index in [9.17, 15) is 27.2 Å². The Balaban J connectivity index is 1.68. The van der Waals surface area contributed by atoms with E-state index in [1.165, 1.54) is 25.2 Å². The number of benzene rings is 1. The number of pyridine rings is 1. The Bertz CT molecular complexity index is 1380. The summed E-state index contributed by atoms with van der Waals surface area (Å²) in [4.78, 5) is 28.0. The highest BCUT2D eigenvalue weighted by Crippen LogP contribution is 2.32. The van der Waals surface area contributed by atoms with Crippen LogP contribution in [0.1, 0.15) is 21.6 Å². The van der Waals surface area contributed by atoms with Crippen LogP contribution in [-0.2, 0) is 13.2 Å². The Hall–Kier alpha value is -4.29.